The van der Waals surface area contributed by atoms with Gasteiger partial charge in [-0.1, -0.05) is 23.4 Å². The van der Waals surface area contributed by atoms with Gasteiger partial charge in [-0.25, -0.2) is 4.98 Å². The molecule has 0 saturated heterocycles. The molecule has 0 saturated carbocycles. The van der Waals surface area contributed by atoms with Gasteiger partial charge in [-0.05, 0) is 46.3 Å². The van der Waals surface area contributed by atoms with Gasteiger partial charge in [0.25, 0.3) is 0 Å². The summed E-state index contributed by atoms with van der Waals surface area (Å²) in [6.45, 7) is 0. The molecule has 0 aliphatic heterocycles. The van der Waals surface area contributed by atoms with Gasteiger partial charge in [0.15, 0.2) is 11.0 Å². The maximum absolute atomic E-state index is 12.1. The third-order valence-corrected chi connectivity index (χ3v) is 5.29. The van der Waals surface area contributed by atoms with Crippen LogP contribution in [0.15, 0.2) is 46.2 Å². The molecule has 1 amide bonds. The van der Waals surface area contributed by atoms with Crippen molar-refractivity contribution in [3.05, 3.63) is 46.0 Å². The predicted octanol–water partition coefficient (Wildman–Crippen LogP) is 4.03. The maximum Gasteiger partial charge on any atom is 0.236 e. The van der Waals surface area contributed by atoms with Crippen molar-refractivity contribution in [3.63, 3.8) is 0 Å². The quantitative estimate of drug-likeness (QED) is 0.550. The number of rotatable bonds is 6. The van der Waals surface area contributed by atoms with Crippen molar-refractivity contribution in [1.29, 1.82) is 0 Å². The van der Waals surface area contributed by atoms with Gasteiger partial charge in [0, 0.05) is 22.7 Å². The van der Waals surface area contributed by atoms with Crippen LogP contribution in [0.2, 0.25) is 5.02 Å². The average Bonchev–Trinajstić information content (AvgIpc) is 3.02. The summed E-state index contributed by atoms with van der Waals surface area (Å²) < 4.78 is 8.01. The highest BCUT2D eigenvalue weighted by Crippen LogP contribution is 2.32. The summed E-state index contributed by atoms with van der Waals surface area (Å²) >= 11 is 10.7. The van der Waals surface area contributed by atoms with E-state index in [1.807, 2.05) is 13.1 Å². The lowest BCUT2D eigenvalue weighted by Gasteiger charge is -2.09. The molecule has 140 valence electrons. The molecule has 1 aromatic carbocycles. The molecule has 10 heteroatoms. The van der Waals surface area contributed by atoms with Gasteiger partial charge >= 0.3 is 0 Å². The Morgan fingerprint density at radius 2 is 2.15 bits per heavy atom. The first-order valence-electron chi connectivity index (χ1n) is 7.75. The largest absolute Gasteiger partial charge is 0.496 e. The van der Waals surface area contributed by atoms with Crippen molar-refractivity contribution in [2.45, 2.75) is 5.16 Å². The summed E-state index contributed by atoms with van der Waals surface area (Å²) in [5.74, 6) is 1.74. The molecule has 0 radical (unpaired) electrons. The second kappa shape index (κ2) is 8.73. The zero-order chi connectivity index (χ0) is 19.4. The maximum atomic E-state index is 12.1. The predicted molar refractivity (Wildman–Crippen MR) is 109 cm³/mol. The molecule has 0 atom stereocenters. The molecule has 3 rings (SSSR count). The molecule has 7 nitrogen and oxygen atoms in total. The van der Waals surface area contributed by atoms with Crippen LogP contribution >= 0.6 is 39.3 Å². The summed E-state index contributed by atoms with van der Waals surface area (Å²) in [6.07, 6.45) is 1.62. The number of hydrogen-bond donors (Lipinski definition) is 1. The molecular formula is C17H15BrClN5O2S. The number of amides is 1. The number of thioether (sulfide) groups is 1. The van der Waals surface area contributed by atoms with Gasteiger partial charge in [0.1, 0.15) is 11.6 Å². The molecule has 0 bridgehead atoms. The minimum atomic E-state index is -0.181. The number of benzene rings is 1. The van der Waals surface area contributed by atoms with Crippen LogP contribution in [0.3, 0.4) is 0 Å². The van der Waals surface area contributed by atoms with E-state index in [1.54, 1.807) is 42.1 Å². The first-order valence-corrected chi connectivity index (χ1v) is 9.91. The van der Waals surface area contributed by atoms with Gasteiger partial charge in [-0.3, -0.25) is 4.79 Å². The van der Waals surface area contributed by atoms with E-state index in [9.17, 15) is 4.79 Å². The van der Waals surface area contributed by atoms with Crippen LogP contribution in [0.1, 0.15) is 0 Å². The molecule has 0 fully saturated rings. The lowest BCUT2D eigenvalue weighted by Crippen LogP contribution is -2.15. The standard InChI is InChI=1S/C17H15BrClN5O2S/c1-24-16(12-7-11(19)4-5-13(12)26-2)22-23-17(24)27-9-15(25)21-14-6-3-10(18)8-20-14/h3-8H,9H2,1-2H3,(H,20,21,25). The van der Waals surface area contributed by atoms with Crippen molar-refractivity contribution < 1.29 is 9.53 Å². The van der Waals surface area contributed by atoms with Gasteiger partial charge in [0.2, 0.25) is 5.91 Å². The minimum Gasteiger partial charge on any atom is -0.496 e. The Morgan fingerprint density at radius 3 is 2.85 bits per heavy atom. The van der Waals surface area contributed by atoms with Crippen LogP contribution in [0, 0.1) is 0 Å². The van der Waals surface area contributed by atoms with Crippen LogP contribution in [-0.2, 0) is 11.8 Å². The molecule has 3 aromatic rings. The Labute approximate surface area is 173 Å². The van der Waals surface area contributed by atoms with E-state index in [2.05, 4.69) is 36.4 Å². The van der Waals surface area contributed by atoms with Crippen molar-refractivity contribution in [1.82, 2.24) is 19.7 Å². The number of aromatic nitrogens is 4. The fourth-order valence-corrected chi connectivity index (χ4v) is 3.41. The summed E-state index contributed by atoms with van der Waals surface area (Å²) in [5, 5.41) is 12.3. The molecule has 2 aromatic heterocycles. The van der Waals surface area contributed by atoms with Gasteiger partial charge in [-0.15, -0.1) is 10.2 Å². The van der Waals surface area contributed by atoms with Gasteiger partial charge in [0.05, 0.1) is 18.4 Å². The van der Waals surface area contributed by atoms with E-state index in [-0.39, 0.29) is 11.7 Å². The Hall–Kier alpha value is -2.10. The number of nitrogens with zero attached hydrogens (tertiary/aromatic N) is 4. The number of carbonyl (C=O) groups excluding carboxylic acids is 1. The van der Waals surface area contributed by atoms with Gasteiger partial charge < -0.3 is 14.6 Å². The van der Waals surface area contributed by atoms with Crippen LogP contribution < -0.4 is 10.1 Å². The highest BCUT2D eigenvalue weighted by Gasteiger charge is 2.16. The van der Waals surface area contributed by atoms with Crippen molar-refractivity contribution >= 4 is 51.0 Å². The van der Waals surface area contributed by atoms with E-state index < -0.39 is 0 Å². The highest BCUT2D eigenvalue weighted by atomic mass is 79.9. The van der Waals surface area contributed by atoms with Gasteiger partial charge in [-0.2, -0.15) is 0 Å². The first-order chi connectivity index (χ1) is 13.0. The number of nitrogens with one attached hydrogen (secondary N) is 1. The zero-order valence-electron chi connectivity index (χ0n) is 14.4. The van der Waals surface area contributed by atoms with Crippen molar-refractivity contribution in [2.75, 3.05) is 18.2 Å². The molecule has 2 heterocycles. The lowest BCUT2D eigenvalue weighted by molar-refractivity contribution is -0.113. The van der Waals surface area contributed by atoms with E-state index in [4.69, 9.17) is 16.3 Å². The number of anilines is 1. The Morgan fingerprint density at radius 1 is 1.33 bits per heavy atom. The topological polar surface area (TPSA) is 81.9 Å². The number of halogens is 2. The number of hydrogen-bond acceptors (Lipinski definition) is 6. The van der Waals surface area contributed by atoms with Crippen molar-refractivity contribution in [3.8, 4) is 17.1 Å². The molecule has 0 spiro atoms. The Bertz CT molecular complexity index is 964. The summed E-state index contributed by atoms with van der Waals surface area (Å²) in [7, 11) is 3.41. The number of carbonyl (C=O) groups is 1. The Kier molecular flexibility index (Phi) is 6.35. The molecule has 0 aliphatic rings. The third kappa shape index (κ3) is 4.79. The molecule has 27 heavy (non-hydrogen) atoms. The minimum absolute atomic E-state index is 0.177. The fraction of sp³-hybridized carbons (Fsp3) is 0.176. The summed E-state index contributed by atoms with van der Waals surface area (Å²) in [4.78, 5) is 16.2. The van der Waals surface area contributed by atoms with Crippen LogP contribution in [0.5, 0.6) is 5.75 Å². The molecular weight excluding hydrogens is 454 g/mol. The second-order valence-corrected chi connectivity index (χ2v) is 7.70. The van der Waals surface area contributed by atoms with E-state index in [0.717, 1.165) is 10.0 Å². The molecule has 1 N–H and O–H groups in total. The average molecular weight is 469 g/mol. The van der Waals surface area contributed by atoms with E-state index >= 15 is 0 Å². The summed E-state index contributed by atoms with van der Waals surface area (Å²) in [6, 6.07) is 8.82. The number of methoxy groups -OCH3 is 1. The third-order valence-electron chi connectivity index (χ3n) is 3.56. The van der Waals surface area contributed by atoms with Crippen LogP contribution in [0.4, 0.5) is 5.82 Å². The lowest BCUT2D eigenvalue weighted by atomic mass is 10.2. The SMILES string of the molecule is COc1ccc(Cl)cc1-c1nnc(SCC(=O)Nc2ccc(Br)cn2)n1C. The number of pyridine rings is 1. The molecule has 0 aliphatic carbocycles. The highest BCUT2D eigenvalue weighted by molar-refractivity contribution is 9.10. The normalized spacial score (nSPS) is 10.7. The van der Waals surface area contributed by atoms with E-state index in [0.29, 0.717) is 27.6 Å². The first kappa shape index (κ1) is 19.7. The monoisotopic (exact) mass is 467 g/mol. The smallest absolute Gasteiger partial charge is 0.236 e. The van der Waals surface area contributed by atoms with Crippen LogP contribution in [0.25, 0.3) is 11.4 Å². The molecule has 0 unspecified atom stereocenters. The zero-order valence-corrected chi connectivity index (χ0v) is 17.6. The van der Waals surface area contributed by atoms with E-state index in [1.165, 1.54) is 11.8 Å². The second-order valence-electron chi connectivity index (χ2n) is 5.41. The summed E-state index contributed by atoms with van der Waals surface area (Å²) in [5.41, 5.74) is 0.732. The Balaban J connectivity index is 1.70. The van der Waals surface area contributed by atoms with Crippen molar-refractivity contribution in [2.24, 2.45) is 7.05 Å². The number of ether oxygens (including phenoxy) is 1. The fourth-order valence-electron chi connectivity index (χ4n) is 2.29. The van der Waals surface area contributed by atoms with Crippen LogP contribution in [-0.4, -0.2) is 38.5 Å².